The summed E-state index contributed by atoms with van der Waals surface area (Å²) < 4.78 is 48.4. The largest absolute Gasteiger partial charge is 0.478 e. The summed E-state index contributed by atoms with van der Waals surface area (Å²) in [6.45, 7) is 2.97. The molecule has 0 spiro atoms. The molecule has 0 aliphatic rings. The monoisotopic (exact) mass is 461 g/mol. The molecule has 1 amide bonds. The number of sulfonamides is 1. The van der Waals surface area contributed by atoms with E-state index in [1.54, 1.807) is 13.0 Å². The smallest absolute Gasteiger partial charge is 0.356 e. The van der Waals surface area contributed by atoms with E-state index in [0.29, 0.717) is 0 Å². The molecule has 1 heterocycles. The number of rotatable bonds is 8. The Bertz CT molecular complexity index is 1290. The Hall–Kier alpha value is -3.73. The molecule has 0 aliphatic heterocycles. The lowest BCUT2D eigenvalue weighted by Crippen LogP contribution is -2.28. The molecule has 0 fully saturated rings. The van der Waals surface area contributed by atoms with Crippen LogP contribution in [0.1, 0.15) is 29.9 Å². The first kappa shape index (κ1) is 22.9. The van der Waals surface area contributed by atoms with E-state index in [2.05, 4.69) is 5.10 Å². The third-order valence-corrected chi connectivity index (χ3v) is 5.88. The SMILES string of the molecule is CCOc1cc(C(=O)O)nn1Cc1ccc(-c2ccccc2S(=O)(=O)NC(C)=O)cc1F. The molecule has 2 N–H and O–H groups in total. The van der Waals surface area contributed by atoms with Crippen molar-refractivity contribution in [2.75, 3.05) is 6.61 Å². The minimum absolute atomic E-state index is 0.0967. The van der Waals surface area contributed by atoms with Gasteiger partial charge in [-0.25, -0.2) is 27.0 Å². The number of aromatic carboxylic acids is 1. The van der Waals surface area contributed by atoms with Crippen LogP contribution in [0.5, 0.6) is 5.88 Å². The zero-order valence-electron chi connectivity index (χ0n) is 17.2. The number of hydrogen-bond acceptors (Lipinski definition) is 6. The number of ether oxygens (including phenoxy) is 1. The average molecular weight is 461 g/mol. The maximum absolute atomic E-state index is 14.9. The van der Waals surface area contributed by atoms with Crippen molar-refractivity contribution in [3.05, 3.63) is 65.6 Å². The quantitative estimate of drug-likeness (QED) is 0.528. The first-order valence-electron chi connectivity index (χ1n) is 9.47. The summed E-state index contributed by atoms with van der Waals surface area (Å²) in [5, 5.41) is 13.1. The van der Waals surface area contributed by atoms with E-state index >= 15 is 0 Å². The molecule has 1 aromatic heterocycles. The molecule has 0 bridgehead atoms. The number of nitrogens with one attached hydrogen (secondary N) is 1. The summed E-state index contributed by atoms with van der Waals surface area (Å²) in [5.74, 6) is -2.45. The van der Waals surface area contributed by atoms with Gasteiger partial charge < -0.3 is 9.84 Å². The second-order valence-corrected chi connectivity index (χ2v) is 8.38. The van der Waals surface area contributed by atoms with Gasteiger partial charge in [0.05, 0.1) is 18.0 Å². The van der Waals surface area contributed by atoms with E-state index < -0.39 is 27.7 Å². The van der Waals surface area contributed by atoms with Crippen molar-refractivity contribution in [2.45, 2.75) is 25.3 Å². The first-order chi connectivity index (χ1) is 15.1. The Morgan fingerprint density at radius 3 is 2.53 bits per heavy atom. The van der Waals surface area contributed by atoms with E-state index in [9.17, 15) is 22.4 Å². The van der Waals surface area contributed by atoms with Crippen LogP contribution in [0.2, 0.25) is 0 Å². The number of carbonyl (C=O) groups excluding carboxylic acids is 1. The summed E-state index contributed by atoms with van der Waals surface area (Å²) in [5.41, 5.74) is 0.459. The molecule has 2 aromatic carbocycles. The average Bonchev–Trinajstić information content (AvgIpc) is 3.12. The molecule has 3 aromatic rings. The van der Waals surface area contributed by atoms with Crippen LogP contribution in [0.15, 0.2) is 53.4 Å². The Balaban J connectivity index is 1.98. The van der Waals surface area contributed by atoms with Crippen molar-refractivity contribution in [3.63, 3.8) is 0 Å². The van der Waals surface area contributed by atoms with Gasteiger partial charge in [0.25, 0.3) is 10.0 Å². The van der Waals surface area contributed by atoms with Gasteiger partial charge in [-0.15, -0.1) is 0 Å². The van der Waals surface area contributed by atoms with Crippen LogP contribution >= 0.6 is 0 Å². The number of carboxylic acids is 1. The van der Waals surface area contributed by atoms with Crippen LogP contribution in [-0.2, 0) is 21.4 Å². The van der Waals surface area contributed by atoms with Gasteiger partial charge in [-0.05, 0) is 24.6 Å². The number of carbonyl (C=O) groups is 2. The molecule has 0 saturated carbocycles. The van der Waals surface area contributed by atoms with Crippen LogP contribution < -0.4 is 9.46 Å². The van der Waals surface area contributed by atoms with E-state index in [1.165, 1.54) is 47.1 Å². The Morgan fingerprint density at radius 2 is 1.91 bits per heavy atom. The number of nitrogens with zero attached hydrogens (tertiary/aromatic N) is 2. The number of aromatic nitrogens is 2. The lowest BCUT2D eigenvalue weighted by molar-refractivity contribution is -0.117. The lowest BCUT2D eigenvalue weighted by Gasteiger charge is -2.13. The predicted octanol–water partition coefficient (Wildman–Crippen LogP) is 2.66. The summed E-state index contributed by atoms with van der Waals surface area (Å²) in [7, 11) is -4.14. The summed E-state index contributed by atoms with van der Waals surface area (Å²) in [6.07, 6.45) is 0. The maximum atomic E-state index is 14.9. The molecule has 0 saturated heterocycles. The van der Waals surface area contributed by atoms with Crippen molar-refractivity contribution in [2.24, 2.45) is 0 Å². The highest BCUT2D eigenvalue weighted by Crippen LogP contribution is 2.29. The van der Waals surface area contributed by atoms with Crippen LogP contribution in [0.4, 0.5) is 4.39 Å². The van der Waals surface area contributed by atoms with Gasteiger partial charge in [0, 0.05) is 24.1 Å². The Kier molecular flexibility index (Phi) is 6.58. The highest BCUT2D eigenvalue weighted by Gasteiger charge is 2.21. The molecular formula is C21H20FN3O6S. The van der Waals surface area contributed by atoms with Crippen molar-refractivity contribution < 1.29 is 32.2 Å². The van der Waals surface area contributed by atoms with Gasteiger partial charge in [-0.3, -0.25) is 4.79 Å². The lowest BCUT2D eigenvalue weighted by atomic mass is 10.0. The van der Waals surface area contributed by atoms with E-state index in [4.69, 9.17) is 9.84 Å². The number of benzene rings is 2. The summed E-state index contributed by atoms with van der Waals surface area (Å²) in [4.78, 5) is 22.3. The molecule has 168 valence electrons. The highest BCUT2D eigenvalue weighted by atomic mass is 32.2. The molecule has 0 aliphatic carbocycles. The second-order valence-electron chi connectivity index (χ2n) is 6.73. The van der Waals surface area contributed by atoms with Gasteiger partial charge >= 0.3 is 5.97 Å². The van der Waals surface area contributed by atoms with Crippen LogP contribution in [0.25, 0.3) is 11.1 Å². The van der Waals surface area contributed by atoms with E-state index in [-0.39, 0.29) is 46.3 Å². The van der Waals surface area contributed by atoms with Crippen LogP contribution in [-0.4, -0.2) is 41.8 Å². The highest BCUT2D eigenvalue weighted by molar-refractivity contribution is 7.90. The normalized spacial score (nSPS) is 11.2. The van der Waals surface area contributed by atoms with E-state index in [1.807, 2.05) is 4.72 Å². The number of hydrogen-bond donors (Lipinski definition) is 2. The minimum atomic E-state index is -4.14. The fraction of sp³-hybridized carbons (Fsp3) is 0.190. The van der Waals surface area contributed by atoms with Crippen molar-refractivity contribution in [1.82, 2.24) is 14.5 Å². The molecule has 0 unspecified atom stereocenters. The number of carboxylic acid groups (broad SMARTS) is 1. The van der Waals surface area contributed by atoms with Gasteiger partial charge in [-0.2, -0.15) is 5.10 Å². The molecule has 9 nitrogen and oxygen atoms in total. The van der Waals surface area contributed by atoms with Gasteiger partial charge in [0.2, 0.25) is 11.8 Å². The summed E-state index contributed by atoms with van der Waals surface area (Å²) in [6, 6.07) is 11.3. The number of halogens is 1. The van der Waals surface area contributed by atoms with Crippen LogP contribution in [0.3, 0.4) is 0 Å². The second kappa shape index (κ2) is 9.18. The predicted molar refractivity (Wildman–Crippen MR) is 112 cm³/mol. The zero-order chi connectivity index (χ0) is 23.5. The molecule has 0 radical (unpaired) electrons. The van der Waals surface area contributed by atoms with E-state index in [0.717, 1.165) is 6.92 Å². The van der Waals surface area contributed by atoms with Gasteiger partial charge in [0.1, 0.15) is 5.82 Å². The number of amides is 1. The van der Waals surface area contributed by atoms with Crippen molar-refractivity contribution in [1.29, 1.82) is 0 Å². The fourth-order valence-corrected chi connectivity index (χ4v) is 4.29. The molecule has 11 heteroatoms. The van der Waals surface area contributed by atoms with Crippen LogP contribution in [0, 0.1) is 5.82 Å². The molecule has 32 heavy (non-hydrogen) atoms. The molecule has 0 atom stereocenters. The Morgan fingerprint density at radius 1 is 1.19 bits per heavy atom. The fourth-order valence-electron chi connectivity index (χ4n) is 3.07. The first-order valence-corrected chi connectivity index (χ1v) is 11.0. The van der Waals surface area contributed by atoms with Gasteiger partial charge in [0.15, 0.2) is 5.69 Å². The maximum Gasteiger partial charge on any atom is 0.356 e. The third kappa shape index (κ3) is 4.94. The standard InChI is InChI=1S/C21H20FN3O6S/c1-3-31-20-11-18(21(27)28)23-25(20)12-15-9-8-14(10-17(15)22)16-6-4-5-7-19(16)32(29,30)24-13(2)26/h4-11H,3,12H2,1-2H3,(H,24,26)(H,27,28). The zero-order valence-corrected chi connectivity index (χ0v) is 18.0. The van der Waals surface area contributed by atoms with Crippen molar-refractivity contribution in [3.8, 4) is 17.0 Å². The van der Waals surface area contributed by atoms with Crippen molar-refractivity contribution >= 4 is 21.9 Å². The third-order valence-electron chi connectivity index (χ3n) is 4.39. The van der Waals surface area contributed by atoms with Gasteiger partial charge in [-0.1, -0.05) is 30.3 Å². The molecular weight excluding hydrogens is 441 g/mol. The molecule has 3 rings (SSSR count). The minimum Gasteiger partial charge on any atom is -0.478 e. The topological polar surface area (TPSA) is 128 Å². The Labute approximate surface area is 183 Å². The summed E-state index contributed by atoms with van der Waals surface area (Å²) >= 11 is 0.